The van der Waals surface area contributed by atoms with Crippen molar-refractivity contribution in [3.8, 4) is 51.0 Å². The maximum Gasteiger partial charge on any atom is 0.164 e. The van der Waals surface area contributed by atoms with Gasteiger partial charge in [-0.05, 0) is 47.4 Å². The molecule has 0 spiro atoms. The van der Waals surface area contributed by atoms with E-state index >= 15 is 0 Å². The molecule has 0 fully saturated rings. The molecule has 6 heteroatoms. The van der Waals surface area contributed by atoms with E-state index < -0.39 is 66.5 Å². The van der Waals surface area contributed by atoms with E-state index in [9.17, 15) is 5.48 Å². The van der Waals surface area contributed by atoms with Gasteiger partial charge in [0.05, 0.1) is 33.2 Å². The van der Waals surface area contributed by atoms with Crippen LogP contribution in [0.4, 0.5) is 0 Å². The molecule has 0 atom stereocenters. The number of hydrogen-bond acceptors (Lipinski definition) is 5. The fourth-order valence-corrected chi connectivity index (χ4v) is 8.89. The van der Waals surface area contributed by atoms with E-state index in [0.29, 0.717) is 11.1 Å². The first kappa shape index (κ1) is 22.2. The second-order valence-corrected chi connectivity index (χ2v) is 14.5. The summed E-state index contributed by atoms with van der Waals surface area (Å²) in [6.45, 7) is 0. The van der Waals surface area contributed by atoms with Crippen LogP contribution in [0.5, 0.6) is 0 Å². The van der Waals surface area contributed by atoms with Gasteiger partial charge in [-0.15, -0.1) is 11.3 Å². The van der Waals surface area contributed by atoms with Gasteiger partial charge in [-0.3, -0.25) is 0 Å². The molecule has 266 valence electrons. The van der Waals surface area contributed by atoms with Gasteiger partial charge in [0.1, 0.15) is 5.58 Å². The largest absolute Gasteiger partial charge is 0.454 e. The number of benzene rings is 8. The second-order valence-electron chi connectivity index (χ2n) is 13.5. The molecule has 0 aliphatic heterocycles. The average molecular weight is 759 g/mol. The molecule has 12 aromatic rings. The number of furan rings is 1. The van der Waals surface area contributed by atoms with Gasteiger partial charge in [-0.25, -0.2) is 15.0 Å². The highest BCUT2D eigenvalue weighted by molar-refractivity contribution is 7.26. The molecular formula is C51H30N4OS. The lowest BCUT2D eigenvalue weighted by Crippen LogP contribution is -2.00. The van der Waals surface area contributed by atoms with Crippen molar-refractivity contribution in [3.05, 3.63) is 182 Å². The molecule has 0 bridgehead atoms. The third-order valence-electron chi connectivity index (χ3n) is 10.2. The minimum Gasteiger partial charge on any atom is -0.454 e. The van der Waals surface area contributed by atoms with E-state index in [1.165, 1.54) is 16.7 Å². The summed E-state index contributed by atoms with van der Waals surface area (Å²) in [4.78, 5) is 15.0. The SMILES string of the molecule is [2H]c1cc2c(oc3c([2H])c([2H])c([2H])c(-c4nc(-c5ccccc5)nc(-c5cccc6sc7cc(-c8ccccc8)ccc7c56)n4)c32)c(-n2c3c([2H])c([2H])c([2H])cc3c3c([2H])c([2H])c([2H])c([2H])c32)c1[2H]. The van der Waals surface area contributed by atoms with Crippen molar-refractivity contribution in [3.63, 3.8) is 0 Å². The lowest BCUT2D eigenvalue weighted by atomic mass is 10.0. The zero-order chi connectivity index (χ0) is 47.9. The van der Waals surface area contributed by atoms with Crippen LogP contribution in [0.15, 0.2) is 186 Å². The second kappa shape index (κ2) is 12.6. The summed E-state index contributed by atoms with van der Waals surface area (Å²) in [5, 5.41) is 2.01. The van der Waals surface area contributed by atoms with E-state index in [2.05, 4.69) is 30.3 Å². The van der Waals surface area contributed by atoms with Crippen molar-refractivity contribution < 1.29 is 20.9 Å². The highest BCUT2D eigenvalue weighted by Gasteiger charge is 2.22. The lowest BCUT2D eigenvalue weighted by molar-refractivity contribution is 0.666. The van der Waals surface area contributed by atoms with E-state index in [1.807, 2.05) is 66.7 Å². The normalized spacial score (nSPS) is 14.8. The topological polar surface area (TPSA) is 56.7 Å². The smallest absolute Gasteiger partial charge is 0.164 e. The van der Waals surface area contributed by atoms with Crippen molar-refractivity contribution in [2.45, 2.75) is 0 Å². The Morgan fingerprint density at radius 2 is 1.21 bits per heavy atom. The Kier molecular flexibility index (Phi) is 4.90. The molecule has 0 unspecified atom stereocenters. The summed E-state index contributed by atoms with van der Waals surface area (Å²) >= 11 is 1.63. The summed E-state index contributed by atoms with van der Waals surface area (Å²) in [6.07, 6.45) is 0. The zero-order valence-corrected chi connectivity index (χ0v) is 30.3. The maximum absolute atomic E-state index is 9.51. The van der Waals surface area contributed by atoms with E-state index in [1.54, 1.807) is 11.3 Å². The minimum absolute atomic E-state index is 0.0267. The summed E-state index contributed by atoms with van der Waals surface area (Å²) in [6, 6.07) is 28.2. The highest BCUT2D eigenvalue weighted by Crippen LogP contribution is 2.43. The van der Waals surface area contributed by atoms with Crippen LogP contribution in [0.25, 0.3) is 115 Å². The van der Waals surface area contributed by atoms with Gasteiger partial charge < -0.3 is 8.98 Å². The number of thiophene rings is 1. The standard InChI is InChI=1S/C51H30N4OS/c1-3-14-31(15-4-1)33-28-29-36-45(30-33)57-44-27-13-22-39(47(36)44)51-53-49(32-16-5-2-6-17-32)52-50(54-51)38-21-12-26-43-46(38)37-20-11-25-42(48(37)56-43)55-40-23-9-7-18-34(40)35-19-8-10-24-41(35)55/h1-30H/i7D,8D,9D,10D,11D,12D,18D,21D,23D,24D,25D,26D. The Hall–Kier alpha value is -7.41. The summed E-state index contributed by atoms with van der Waals surface area (Å²) in [5.41, 5.74) is 2.48. The van der Waals surface area contributed by atoms with Crippen molar-refractivity contribution in [2.75, 3.05) is 0 Å². The number of rotatable bonds is 5. The number of fused-ring (bicyclic) bond motifs is 9. The summed E-state index contributed by atoms with van der Waals surface area (Å²) < 4.78 is 118. The van der Waals surface area contributed by atoms with Crippen LogP contribution in [0.1, 0.15) is 16.4 Å². The number of aromatic nitrogens is 4. The van der Waals surface area contributed by atoms with Crippen LogP contribution in [0.2, 0.25) is 0 Å². The van der Waals surface area contributed by atoms with Crippen LogP contribution in [-0.2, 0) is 0 Å². The molecule has 5 nitrogen and oxygen atoms in total. The maximum atomic E-state index is 9.51. The summed E-state index contributed by atoms with van der Waals surface area (Å²) in [7, 11) is 0. The first-order chi connectivity index (χ1) is 33.2. The lowest BCUT2D eigenvalue weighted by Gasteiger charge is -2.10. The molecule has 0 aliphatic carbocycles. The molecule has 12 rings (SSSR count). The molecule has 8 aromatic carbocycles. The van der Waals surface area contributed by atoms with Gasteiger partial charge >= 0.3 is 0 Å². The van der Waals surface area contributed by atoms with E-state index in [4.69, 9.17) is 30.3 Å². The third-order valence-corrected chi connectivity index (χ3v) is 11.4. The van der Waals surface area contributed by atoms with Crippen LogP contribution >= 0.6 is 11.3 Å². The summed E-state index contributed by atoms with van der Waals surface area (Å²) in [5.74, 6) is 0.464. The number of hydrogen-bond donors (Lipinski definition) is 0. The van der Waals surface area contributed by atoms with Crippen LogP contribution in [0, 0.1) is 0 Å². The van der Waals surface area contributed by atoms with Crippen molar-refractivity contribution >= 4 is 75.3 Å². The Labute approximate surface area is 347 Å². The molecule has 0 saturated carbocycles. The van der Waals surface area contributed by atoms with Crippen LogP contribution < -0.4 is 0 Å². The molecular weight excluding hydrogens is 717 g/mol. The van der Waals surface area contributed by atoms with E-state index in [0.717, 1.165) is 31.3 Å². The van der Waals surface area contributed by atoms with Crippen molar-refractivity contribution in [1.29, 1.82) is 0 Å². The van der Waals surface area contributed by atoms with Crippen molar-refractivity contribution in [2.24, 2.45) is 0 Å². The van der Waals surface area contributed by atoms with Gasteiger partial charge in [0, 0.05) is 58.4 Å². The first-order valence-electron chi connectivity index (χ1n) is 24.0. The fourth-order valence-electron chi connectivity index (χ4n) is 7.72. The molecule has 0 saturated heterocycles. The van der Waals surface area contributed by atoms with Gasteiger partial charge in [0.2, 0.25) is 0 Å². The quantitative estimate of drug-likeness (QED) is 0.175. The Morgan fingerprint density at radius 1 is 0.474 bits per heavy atom. The van der Waals surface area contributed by atoms with Gasteiger partial charge in [-0.1, -0.05) is 145 Å². The van der Waals surface area contributed by atoms with Crippen molar-refractivity contribution in [1.82, 2.24) is 19.5 Å². The molecule has 0 amide bonds. The predicted octanol–water partition coefficient (Wildman–Crippen LogP) is 13.9. The fraction of sp³-hybridized carbons (Fsp3) is 0. The third kappa shape index (κ3) is 4.98. The van der Waals surface area contributed by atoms with Gasteiger partial charge in [0.15, 0.2) is 23.1 Å². The van der Waals surface area contributed by atoms with Crippen LogP contribution in [-0.4, -0.2) is 19.5 Å². The monoisotopic (exact) mass is 758 g/mol. The minimum atomic E-state index is -0.619. The molecule has 4 aromatic heterocycles. The first-order valence-corrected chi connectivity index (χ1v) is 18.9. The van der Waals surface area contributed by atoms with Gasteiger partial charge in [0.25, 0.3) is 0 Å². The van der Waals surface area contributed by atoms with E-state index in [-0.39, 0.29) is 78.5 Å². The Morgan fingerprint density at radius 3 is 2.07 bits per heavy atom. The predicted molar refractivity (Wildman–Crippen MR) is 236 cm³/mol. The molecule has 4 heterocycles. The van der Waals surface area contributed by atoms with Crippen LogP contribution in [0.3, 0.4) is 0 Å². The zero-order valence-electron chi connectivity index (χ0n) is 41.5. The molecule has 0 aliphatic rings. The molecule has 0 N–H and O–H groups in total. The molecule has 57 heavy (non-hydrogen) atoms. The number of para-hydroxylation sites is 3. The Bertz CT molecular complexity index is 4230. The average Bonchev–Trinajstić information content (AvgIpc) is 4.04. The number of nitrogens with zero attached hydrogens (tertiary/aromatic N) is 4. The molecule has 0 radical (unpaired) electrons. The Balaban J connectivity index is 1.18. The highest BCUT2D eigenvalue weighted by atomic mass is 32.1. The van der Waals surface area contributed by atoms with Gasteiger partial charge in [-0.2, -0.15) is 0 Å².